The number of carbonyl (C=O) groups excluding carboxylic acids is 1. The molecule has 1 amide bonds. The van der Waals surface area contributed by atoms with Crippen LogP contribution in [0.15, 0.2) is 18.2 Å². The topological polar surface area (TPSA) is 94.8 Å². The molecule has 0 bridgehead atoms. The molecule has 8 heteroatoms. The van der Waals surface area contributed by atoms with Gasteiger partial charge in [-0.15, -0.1) is 0 Å². The highest BCUT2D eigenvalue weighted by Gasteiger charge is 2.36. The van der Waals surface area contributed by atoms with Crippen molar-refractivity contribution >= 4 is 11.9 Å². The molecule has 0 aromatic carbocycles. The Morgan fingerprint density at radius 3 is 2.67 bits per heavy atom. The Hall–Kier alpha value is -2.38. The number of ether oxygens (including phenoxy) is 2. The molecule has 1 saturated heterocycles. The number of nitrogens with zero attached hydrogens (tertiary/aromatic N) is 3. The largest absolute Gasteiger partial charge is 0.452 e. The van der Waals surface area contributed by atoms with Crippen molar-refractivity contribution < 1.29 is 19.2 Å². The first-order valence-corrected chi connectivity index (χ1v) is 6.50. The highest BCUT2D eigenvalue weighted by Crippen LogP contribution is 2.20. The number of hydrogen-bond donors (Lipinski definition) is 0. The molecule has 0 N–H and O–H groups in total. The molecule has 1 aliphatic rings. The van der Waals surface area contributed by atoms with Crippen LogP contribution in [-0.2, 0) is 4.74 Å². The predicted molar refractivity (Wildman–Crippen MR) is 73.1 cm³/mol. The summed E-state index contributed by atoms with van der Waals surface area (Å²) in [4.78, 5) is 27.0. The fourth-order valence-corrected chi connectivity index (χ4v) is 1.73. The molecular formula is C13H17N3O5. The van der Waals surface area contributed by atoms with Crippen LogP contribution in [0.5, 0.6) is 5.88 Å². The first-order valence-electron chi connectivity index (χ1n) is 6.50. The number of pyridine rings is 1. The van der Waals surface area contributed by atoms with Gasteiger partial charge in [-0.3, -0.25) is 0 Å². The Morgan fingerprint density at radius 2 is 2.10 bits per heavy atom. The van der Waals surface area contributed by atoms with Crippen LogP contribution in [0, 0.1) is 10.1 Å². The summed E-state index contributed by atoms with van der Waals surface area (Å²) in [6.07, 6.45) is -0.624. The van der Waals surface area contributed by atoms with Crippen molar-refractivity contribution in [1.82, 2.24) is 9.88 Å². The van der Waals surface area contributed by atoms with E-state index in [-0.39, 0.29) is 17.8 Å². The van der Waals surface area contributed by atoms with Gasteiger partial charge < -0.3 is 24.5 Å². The smallest absolute Gasteiger partial charge is 0.410 e. The van der Waals surface area contributed by atoms with Crippen molar-refractivity contribution in [3.8, 4) is 5.88 Å². The summed E-state index contributed by atoms with van der Waals surface area (Å²) < 4.78 is 10.7. The first-order chi connectivity index (χ1) is 9.74. The Kier molecular flexibility index (Phi) is 3.97. The minimum Gasteiger partial charge on any atom is -0.452 e. The number of carbonyl (C=O) groups is 1. The van der Waals surface area contributed by atoms with Gasteiger partial charge in [-0.2, -0.15) is 0 Å². The molecule has 8 nitrogen and oxygen atoms in total. The Morgan fingerprint density at radius 1 is 1.43 bits per heavy atom. The summed E-state index contributed by atoms with van der Waals surface area (Å²) in [5.41, 5.74) is -0.537. The minimum absolute atomic E-state index is 0.179. The van der Waals surface area contributed by atoms with Gasteiger partial charge in [0.05, 0.1) is 13.1 Å². The molecule has 0 saturated carbocycles. The monoisotopic (exact) mass is 295 g/mol. The van der Waals surface area contributed by atoms with Crippen molar-refractivity contribution in [2.45, 2.75) is 32.5 Å². The van der Waals surface area contributed by atoms with Crippen molar-refractivity contribution in [1.29, 1.82) is 0 Å². The lowest BCUT2D eigenvalue weighted by Crippen LogP contribution is -2.57. The van der Waals surface area contributed by atoms with Gasteiger partial charge in [0.15, 0.2) is 0 Å². The Balaban J connectivity index is 1.84. The van der Waals surface area contributed by atoms with Crippen molar-refractivity contribution in [2.75, 3.05) is 13.1 Å². The van der Waals surface area contributed by atoms with E-state index in [0.29, 0.717) is 13.1 Å². The molecule has 21 heavy (non-hydrogen) atoms. The Bertz CT molecular complexity index is 549. The molecule has 1 aromatic heterocycles. The molecule has 114 valence electrons. The van der Waals surface area contributed by atoms with E-state index in [1.165, 1.54) is 17.0 Å². The maximum atomic E-state index is 11.7. The van der Waals surface area contributed by atoms with Crippen molar-refractivity contribution in [3.63, 3.8) is 0 Å². The molecule has 1 aliphatic heterocycles. The molecule has 2 rings (SSSR count). The van der Waals surface area contributed by atoms with Gasteiger partial charge in [0.2, 0.25) is 0 Å². The second-order valence-corrected chi connectivity index (χ2v) is 5.72. The van der Waals surface area contributed by atoms with Crippen LogP contribution in [0.2, 0.25) is 0 Å². The molecule has 0 unspecified atom stereocenters. The third kappa shape index (κ3) is 4.04. The first kappa shape index (κ1) is 15.0. The van der Waals surface area contributed by atoms with Gasteiger partial charge in [0.25, 0.3) is 0 Å². The molecule has 0 atom stereocenters. The van der Waals surface area contributed by atoms with Crippen molar-refractivity contribution in [3.05, 3.63) is 28.3 Å². The zero-order valence-corrected chi connectivity index (χ0v) is 12.1. The normalized spacial score (nSPS) is 15.3. The summed E-state index contributed by atoms with van der Waals surface area (Å²) >= 11 is 0. The van der Waals surface area contributed by atoms with E-state index in [1.807, 2.05) is 0 Å². The summed E-state index contributed by atoms with van der Waals surface area (Å²) in [7, 11) is 0. The SMILES string of the molecule is CC(C)(C)OC(=O)N1CC(Oc2cccc([N+](=O)[O-])n2)C1. The lowest BCUT2D eigenvalue weighted by atomic mass is 10.2. The minimum atomic E-state index is -0.583. The Labute approximate surface area is 121 Å². The average molecular weight is 295 g/mol. The lowest BCUT2D eigenvalue weighted by molar-refractivity contribution is -0.389. The van der Waals surface area contributed by atoms with Gasteiger partial charge in [-0.05, 0) is 31.8 Å². The molecule has 2 heterocycles. The van der Waals surface area contributed by atoms with Gasteiger partial charge >= 0.3 is 17.8 Å². The van der Waals surface area contributed by atoms with Gasteiger partial charge in [0, 0.05) is 17.1 Å². The fraction of sp³-hybridized carbons (Fsp3) is 0.538. The van der Waals surface area contributed by atoms with Crippen LogP contribution < -0.4 is 4.74 Å². The van der Waals surface area contributed by atoms with E-state index in [1.54, 1.807) is 26.8 Å². The highest BCUT2D eigenvalue weighted by molar-refractivity contribution is 5.69. The number of likely N-dealkylation sites (tertiary alicyclic amines) is 1. The average Bonchev–Trinajstić information content (AvgIpc) is 2.31. The summed E-state index contributed by atoms with van der Waals surface area (Å²) in [5.74, 6) is -0.0890. The molecule has 1 aromatic rings. The number of amides is 1. The maximum absolute atomic E-state index is 11.7. The fourth-order valence-electron chi connectivity index (χ4n) is 1.73. The second kappa shape index (κ2) is 5.55. The van der Waals surface area contributed by atoms with Crippen LogP contribution in [0.25, 0.3) is 0 Å². The number of aromatic nitrogens is 1. The van der Waals surface area contributed by atoms with Crippen LogP contribution >= 0.6 is 0 Å². The van der Waals surface area contributed by atoms with E-state index < -0.39 is 16.6 Å². The third-order valence-electron chi connectivity index (χ3n) is 2.68. The maximum Gasteiger partial charge on any atom is 0.410 e. The number of nitro groups is 1. The number of hydrogen-bond acceptors (Lipinski definition) is 6. The standard InChI is InChI=1S/C13H17N3O5/c1-13(2,3)21-12(17)15-7-9(8-15)20-11-6-4-5-10(14-11)16(18)19/h4-6,9H,7-8H2,1-3H3. The number of rotatable bonds is 3. The van der Waals surface area contributed by atoms with E-state index in [2.05, 4.69) is 4.98 Å². The molecule has 0 radical (unpaired) electrons. The molecular weight excluding hydrogens is 278 g/mol. The van der Waals surface area contributed by atoms with Crippen LogP contribution in [-0.4, -0.2) is 45.7 Å². The zero-order valence-electron chi connectivity index (χ0n) is 12.1. The van der Waals surface area contributed by atoms with Gasteiger partial charge in [-0.1, -0.05) is 0 Å². The summed E-state index contributed by atoms with van der Waals surface area (Å²) in [6, 6.07) is 4.34. The summed E-state index contributed by atoms with van der Waals surface area (Å²) in [6.45, 7) is 6.14. The van der Waals surface area contributed by atoms with Crippen LogP contribution in [0.4, 0.5) is 10.6 Å². The van der Waals surface area contributed by atoms with Crippen LogP contribution in [0.1, 0.15) is 20.8 Å². The van der Waals surface area contributed by atoms with Gasteiger partial charge in [-0.25, -0.2) is 4.79 Å². The lowest BCUT2D eigenvalue weighted by Gasteiger charge is -2.38. The van der Waals surface area contributed by atoms with Gasteiger partial charge in [0.1, 0.15) is 11.7 Å². The van der Waals surface area contributed by atoms with E-state index >= 15 is 0 Å². The predicted octanol–water partition coefficient (Wildman–Crippen LogP) is 1.99. The quantitative estimate of drug-likeness (QED) is 0.625. The summed E-state index contributed by atoms with van der Waals surface area (Å²) in [5, 5.41) is 10.6. The zero-order chi connectivity index (χ0) is 15.6. The third-order valence-corrected chi connectivity index (χ3v) is 2.68. The van der Waals surface area contributed by atoms with E-state index in [9.17, 15) is 14.9 Å². The molecule has 1 fully saturated rings. The van der Waals surface area contributed by atoms with Crippen molar-refractivity contribution in [2.24, 2.45) is 0 Å². The van der Waals surface area contributed by atoms with E-state index in [4.69, 9.17) is 9.47 Å². The highest BCUT2D eigenvalue weighted by atomic mass is 16.6. The van der Waals surface area contributed by atoms with Crippen LogP contribution in [0.3, 0.4) is 0 Å². The molecule has 0 aliphatic carbocycles. The van der Waals surface area contributed by atoms with E-state index in [0.717, 1.165) is 0 Å². The second-order valence-electron chi connectivity index (χ2n) is 5.72. The molecule has 0 spiro atoms.